The van der Waals surface area contributed by atoms with Gasteiger partial charge in [-0.25, -0.2) is 0 Å². The Kier molecular flexibility index (Phi) is 4.56. The summed E-state index contributed by atoms with van der Waals surface area (Å²) in [5, 5.41) is 2.85. The molecule has 0 aromatic heterocycles. The zero-order chi connectivity index (χ0) is 13.5. The molecule has 0 spiro atoms. The molecule has 2 rings (SSSR count). The van der Waals surface area contributed by atoms with Gasteiger partial charge in [0.15, 0.2) is 6.10 Å². The van der Waals surface area contributed by atoms with Crippen molar-refractivity contribution >= 4 is 11.6 Å². The lowest BCUT2D eigenvalue weighted by molar-refractivity contribution is -0.122. The first-order valence-electron chi connectivity index (χ1n) is 6.37. The van der Waals surface area contributed by atoms with Crippen molar-refractivity contribution in [3.05, 3.63) is 60.7 Å². The number of carbonyl (C=O) groups is 1. The highest BCUT2D eigenvalue weighted by molar-refractivity contribution is 5.94. The zero-order valence-electron chi connectivity index (χ0n) is 10.9. The molecule has 1 N–H and O–H groups in total. The van der Waals surface area contributed by atoms with Crippen LogP contribution in [0.5, 0.6) is 5.75 Å². The summed E-state index contributed by atoms with van der Waals surface area (Å²) in [6.07, 6.45) is 0.135. The summed E-state index contributed by atoms with van der Waals surface area (Å²) in [6, 6.07) is 18.8. The van der Waals surface area contributed by atoms with E-state index in [1.165, 1.54) is 0 Å². The number of rotatable bonds is 5. The molecule has 0 heterocycles. The van der Waals surface area contributed by atoms with Gasteiger partial charge in [0.05, 0.1) is 0 Å². The van der Waals surface area contributed by atoms with Crippen molar-refractivity contribution in [2.45, 2.75) is 19.4 Å². The maximum Gasteiger partial charge on any atom is 0.265 e. The topological polar surface area (TPSA) is 38.3 Å². The summed E-state index contributed by atoms with van der Waals surface area (Å²) in [5.74, 6) is 0.579. The standard InChI is InChI=1S/C16H17NO2/c1-2-15(19-14-11-7-4-8-12-14)16(18)17-13-9-5-3-6-10-13/h3-12,15H,2H2,1H3,(H,17,18)/t15-/m0/s1. The van der Waals surface area contributed by atoms with Crippen LogP contribution < -0.4 is 10.1 Å². The lowest BCUT2D eigenvalue weighted by atomic mass is 10.2. The molecule has 0 saturated heterocycles. The molecule has 0 unspecified atom stereocenters. The number of amides is 1. The molecule has 1 amide bonds. The fraction of sp³-hybridized carbons (Fsp3) is 0.188. The van der Waals surface area contributed by atoms with Crippen LogP contribution in [-0.4, -0.2) is 12.0 Å². The van der Waals surface area contributed by atoms with Crippen molar-refractivity contribution in [3.63, 3.8) is 0 Å². The van der Waals surface area contributed by atoms with Crippen LogP contribution in [0.25, 0.3) is 0 Å². The molecular weight excluding hydrogens is 238 g/mol. The predicted octanol–water partition coefficient (Wildman–Crippen LogP) is 3.48. The molecule has 19 heavy (non-hydrogen) atoms. The Labute approximate surface area is 113 Å². The molecule has 2 aromatic rings. The first-order chi connectivity index (χ1) is 9.29. The minimum atomic E-state index is -0.484. The summed E-state index contributed by atoms with van der Waals surface area (Å²) in [6.45, 7) is 1.93. The second kappa shape index (κ2) is 6.59. The largest absolute Gasteiger partial charge is 0.481 e. The first kappa shape index (κ1) is 13.1. The van der Waals surface area contributed by atoms with Gasteiger partial charge < -0.3 is 10.1 Å². The first-order valence-corrected chi connectivity index (χ1v) is 6.37. The quantitative estimate of drug-likeness (QED) is 0.888. The summed E-state index contributed by atoms with van der Waals surface area (Å²) < 4.78 is 5.69. The fourth-order valence-electron chi connectivity index (χ4n) is 1.73. The van der Waals surface area contributed by atoms with E-state index in [4.69, 9.17) is 4.74 Å². The van der Waals surface area contributed by atoms with Crippen molar-refractivity contribution in [1.82, 2.24) is 0 Å². The lowest BCUT2D eigenvalue weighted by Gasteiger charge is -2.17. The van der Waals surface area contributed by atoms with E-state index in [9.17, 15) is 4.79 Å². The maximum absolute atomic E-state index is 12.1. The Hall–Kier alpha value is -2.29. The monoisotopic (exact) mass is 255 g/mol. The number of benzene rings is 2. The minimum Gasteiger partial charge on any atom is -0.481 e. The van der Waals surface area contributed by atoms with Gasteiger partial charge in [-0.15, -0.1) is 0 Å². The number of hydrogen-bond acceptors (Lipinski definition) is 2. The number of ether oxygens (including phenoxy) is 1. The van der Waals surface area contributed by atoms with E-state index < -0.39 is 6.10 Å². The Morgan fingerprint density at radius 1 is 1.05 bits per heavy atom. The van der Waals surface area contributed by atoms with Crippen LogP contribution in [-0.2, 0) is 4.79 Å². The molecule has 0 aliphatic heterocycles. The third-order valence-corrected chi connectivity index (χ3v) is 2.73. The van der Waals surface area contributed by atoms with Gasteiger partial charge in [-0.05, 0) is 30.7 Å². The van der Waals surface area contributed by atoms with Gasteiger partial charge in [-0.2, -0.15) is 0 Å². The van der Waals surface area contributed by atoms with Crippen molar-refractivity contribution < 1.29 is 9.53 Å². The average Bonchev–Trinajstić information content (AvgIpc) is 2.47. The summed E-state index contributed by atoms with van der Waals surface area (Å²) >= 11 is 0. The molecule has 1 atom stereocenters. The van der Waals surface area contributed by atoms with Gasteiger partial charge in [0.25, 0.3) is 5.91 Å². The zero-order valence-corrected chi connectivity index (χ0v) is 10.9. The van der Waals surface area contributed by atoms with Crippen molar-refractivity contribution in [3.8, 4) is 5.75 Å². The molecule has 0 aliphatic carbocycles. The van der Waals surface area contributed by atoms with E-state index in [1.807, 2.05) is 67.6 Å². The number of para-hydroxylation sites is 2. The maximum atomic E-state index is 12.1. The Morgan fingerprint density at radius 2 is 1.63 bits per heavy atom. The average molecular weight is 255 g/mol. The van der Waals surface area contributed by atoms with Gasteiger partial charge >= 0.3 is 0 Å². The van der Waals surface area contributed by atoms with Crippen molar-refractivity contribution in [2.75, 3.05) is 5.32 Å². The van der Waals surface area contributed by atoms with E-state index in [2.05, 4.69) is 5.32 Å². The van der Waals surface area contributed by atoms with E-state index in [-0.39, 0.29) is 5.91 Å². The van der Waals surface area contributed by atoms with Crippen LogP contribution in [0.2, 0.25) is 0 Å². The Bertz CT molecular complexity index is 511. The number of carbonyl (C=O) groups excluding carboxylic acids is 1. The van der Waals surface area contributed by atoms with Gasteiger partial charge in [0, 0.05) is 5.69 Å². The summed E-state index contributed by atoms with van der Waals surface area (Å²) in [4.78, 5) is 12.1. The Balaban J connectivity index is 2.00. The van der Waals surface area contributed by atoms with Crippen LogP contribution in [0.4, 0.5) is 5.69 Å². The second-order valence-electron chi connectivity index (χ2n) is 4.18. The van der Waals surface area contributed by atoms with Crippen molar-refractivity contribution in [1.29, 1.82) is 0 Å². The second-order valence-corrected chi connectivity index (χ2v) is 4.18. The molecule has 3 nitrogen and oxygen atoms in total. The Morgan fingerprint density at radius 3 is 2.21 bits per heavy atom. The van der Waals surface area contributed by atoms with Crippen molar-refractivity contribution in [2.24, 2.45) is 0 Å². The molecule has 0 aliphatic rings. The van der Waals surface area contributed by atoms with Gasteiger partial charge in [-0.1, -0.05) is 43.3 Å². The van der Waals surface area contributed by atoms with Gasteiger partial charge in [0.2, 0.25) is 0 Å². The lowest BCUT2D eigenvalue weighted by Crippen LogP contribution is -2.32. The molecule has 0 radical (unpaired) electrons. The summed E-state index contributed by atoms with van der Waals surface area (Å²) in [5.41, 5.74) is 0.780. The number of nitrogens with one attached hydrogen (secondary N) is 1. The molecule has 2 aromatic carbocycles. The SMILES string of the molecule is CC[C@H](Oc1ccccc1)C(=O)Nc1ccccc1. The third kappa shape index (κ3) is 3.85. The van der Waals surface area contributed by atoms with Crippen LogP contribution >= 0.6 is 0 Å². The molecule has 0 bridgehead atoms. The summed E-state index contributed by atoms with van der Waals surface area (Å²) in [7, 11) is 0. The smallest absolute Gasteiger partial charge is 0.265 e. The molecule has 0 saturated carbocycles. The van der Waals surface area contributed by atoms with Gasteiger partial charge in [0.1, 0.15) is 5.75 Å². The van der Waals surface area contributed by atoms with Crippen LogP contribution in [0, 0.1) is 0 Å². The van der Waals surface area contributed by atoms with Gasteiger partial charge in [-0.3, -0.25) is 4.79 Å². The minimum absolute atomic E-state index is 0.127. The highest BCUT2D eigenvalue weighted by Crippen LogP contribution is 2.14. The van der Waals surface area contributed by atoms with E-state index >= 15 is 0 Å². The normalized spacial score (nSPS) is 11.6. The van der Waals surface area contributed by atoms with E-state index in [1.54, 1.807) is 0 Å². The fourth-order valence-corrected chi connectivity index (χ4v) is 1.73. The van der Waals surface area contributed by atoms with E-state index in [0.29, 0.717) is 12.2 Å². The number of hydrogen-bond donors (Lipinski definition) is 1. The highest BCUT2D eigenvalue weighted by atomic mass is 16.5. The predicted molar refractivity (Wildman–Crippen MR) is 76.2 cm³/mol. The molecule has 3 heteroatoms. The van der Waals surface area contributed by atoms with E-state index in [0.717, 1.165) is 5.69 Å². The van der Waals surface area contributed by atoms with Crippen LogP contribution in [0.3, 0.4) is 0 Å². The van der Waals surface area contributed by atoms with Crippen LogP contribution in [0.15, 0.2) is 60.7 Å². The van der Waals surface area contributed by atoms with Crippen LogP contribution in [0.1, 0.15) is 13.3 Å². The molecular formula is C16H17NO2. The highest BCUT2D eigenvalue weighted by Gasteiger charge is 2.18. The molecule has 98 valence electrons. The molecule has 0 fully saturated rings. The third-order valence-electron chi connectivity index (χ3n) is 2.73. The number of anilines is 1.